The lowest BCUT2D eigenvalue weighted by Crippen LogP contribution is -2.36. The van der Waals surface area contributed by atoms with Crippen LogP contribution in [0.25, 0.3) is 0 Å². The van der Waals surface area contributed by atoms with Crippen LogP contribution in [0.3, 0.4) is 0 Å². The molecule has 0 aliphatic heterocycles. The molecule has 0 aliphatic rings. The summed E-state index contributed by atoms with van der Waals surface area (Å²) in [7, 11) is 1.31. The van der Waals surface area contributed by atoms with Crippen LogP contribution in [0.2, 0.25) is 0 Å². The van der Waals surface area contributed by atoms with E-state index in [9.17, 15) is 14.4 Å². The minimum Gasteiger partial charge on any atom is -0.465 e. The third kappa shape index (κ3) is 4.38. The van der Waals surface area contributed by atoms with Gasteiger partial charge in [-0.25, -0.2) is 4.79 Å². The molecule has 0 atom stereocenters. The van der Waals surface area contributed by atoms with E-state index in [0.717, 1.165) is 0 Å². The Bertz CT molecular complexity index is 496. The Balaban J connectivity index is 2.79. The largest absolute Gasteiger partial charge is 0.465 e. The minimum absolute atomic E-state index is 0.138. The molecule has 0 aromatic heterocycles. The van der Waals surface area contributed by atoms with E-state index in [0.29, 0.717) is 24.3 Å². The second kappa shape index (κ2) is 7.28. The van der Waals surface area contributed by atoms with Gasteiger partial charge >= 0.3 is 5.97 Å². The first kappa shape index (κ1) is 15.7. The van der Waals surface area contributed by atoms with Crippen molar-refractivity contribution in [3.05, 3.63) is 29.8 Å². The monoisotopic (exact) mass is 278 g/mol. The number of hydrogen-bond donors (Lipinski definition) is 1. The summed E-state index contributed by atoms with van der Waals surface area (Å²) >= 11 is 0. The van der Waals surface area contributed by atoms with Crippen LogP contribution in [0.15, 0.2) is 24.3 Å². The van der Waals surface area contributed by atoms with Gasteiger partial charge in [-0.2, -0.15) is 0 Å². The van der Waals surface area contributed by atoms with E-state index in [4.69, 9.17) is 0 Å². The van der Waals surface area contributed by atoms with Crippen LogP contribution in [-0.4, -0.2) is 38.0 Å². The van der Waals surface area contributed by atoms with Gasteiger partial charge < -0.3 is 15.0 Å². The van der Waals surface area contributed by atoms with Gasteiger partial charge in [0.25, 0.3) is 0 Å². The maximum Gasteiger partial charge on any atom is 0.337 e. The highest BCUT2D eigenvalue weighted by Crippen LogP contribution is 2.15. The highest BCUT2D eigenvalue weighted by Gasteiger charge is 2.12. The Morgan fingerprint density at radius 2 is 1.75 bits per heavy atom. The second-order valence-corrected chi connectivity index (χ2v) is 4.19. The van der Waals surface area contributed by atoms with Gasteiger partial charge in [0.05, 0.1) is 12.7 Å². The lowest BCUT2D eigenvalue weighted by atomic mass is 10.2. The minimum atomic E-state index is -0.427. The van der Waals surface area contributed by atoms with E-state index in [1.54, 1.807) is 24.3 Å². The standard InChI is InChI=1S/C14H18N2O4/c1-10(17)15-8-9-16(11(2)18)13-6-4-12(5-7-13)14(19)20-3/h4-7H,8-9H2,1-3H3,(H,15,17). The van der Waals surface area contributed by atoms with Crippen molar-refractivity contribution in [3.63, 3.8) is 0 Å². The predicted molar refractivity (Wildman–Crippen MR) is 74.5 cm³/mol. The summed E-state index contributed by atoms with van der Waals surface area (Å²) in [6.07, 6.45) is 0. The number of carbonyl (C=O) groups excluding carboxylic acids is 3. The summed E-state index contributed by atoms with van der Waals surface area (Å²) in [4.78, 5) is 35.3. The lowest BCUT2D eigenvalue weighted by Gasteiger charge is -2.21. The fraction of sp³-hybridized carbons (Fsp3) is 0.357. The normalized spacial score (nSPS) is 9.75. The average Bonchev–Trinajstić information content (AvgIpc) is 2.42. The van der Waals surface area contributed by atoms with Crippen molar-refractivity contribution in [1.82, 2.24) is 5.32 Å². The second-order valence-electron chi connectivity index (χ2n) is 4.19. The zero-order valence-electron chi connectivity index (χ0n) is 11.8. The van der Waals surface area contributed by atoms with Gasteiger partial charge in [-0.1, -0.05) is 0 Å². The molecule has 1 aromatic carbocycles. The summed E-state index contributed by atoms with van der Waals surface area (Å²) < 4.78 is 4.61. The topological polar surface area (TPSA) is 75.7 Å². The maximum atomic E-state index is 11.6. The first-order valence-electron chi connectivity index (χ1n) is 6.16. The molecular formula is C14H18N2O4. The molecule has 1 N–H and O–H groups in total. The molecule has 0 spiro atoms. The molecule has 0 saturated heterocycles. The Kier molecular flexibility index (Phi) is 5.71. The van der Waals surface area contributed by atoms with E-state index in [2.05, 4.69) is 10.1 Å². The molecule has 6 heteroatoms. The Hall–Kier alpha value is -2.37. The molecule has 0 heterocycles. The van der Waals surface area contributed by atoms with Crippen LogP contribution >= 0.6 is 0 Å². The lowest BCUT2D eigenvalue weighted by molar-refractivity contribution is -0.119. The van der Waals surface area contributed by atoms with Crippen molar-refractivity contribution >= 4 is 23.5 Å². The van der Waals surface area contributed by atoms with E-state index in [1.165, 1.54) is 25.9 Å². The van der Waals surface area contributed by atoms with Gasteiger partial charge in [-0.15, -0.1) is 0 Å². The van der Waals surface area contributed by atoms with Gasteiger partial charge in [0.1, 0.15) is 0 Å². The molecule has 0 unspecified atom stereocenters. The van der Waals surface area contributed by atoms with E-state index in [-0.39, 0.29) is 11.8 Å². The van der Waals surface area contributed by atoms with Crippen LogP contribution in [0.5, 0.6) is 0 Å². The maximum absolute atomic E-state index is 11.6. The predicted octanol–water partition coefficient (Wildman–Crippen LogP) is 0.962. The molecular weight excluding hydrogens is 260 g/mol. The number of methoxy groups -OCH3 is 1. The number of nitrogens with zero attached hydrogens (tertiary/aromatic N) is 1. The Labute approximate surface area is 117 Å². The fourth-order valence-corrected chi connectivity index (χ4v) is 1.71. The number of amides is 2. The van der Waals surface area contributed by atoms with Crippen LogP contribution in [0.4, 0.5) is 5.69 Å². The van der Waals surface area contributed by atoms with Crippen molar-refractivity contribution < 1.29 is 19.1 Å². The summed E-state index contributed by atoms with van der Waals surface area (Å²) in [5.41, 5.74) is 1.08. The average molecular weight is 278 g/mol. The van der Waals surface area contributed by atoms with E-state index < -0.39 is 5.97 Å². The summed E-state index contributed by atoms with van der Waals surface area (Å²) in [5, 5.41) is 2.63. The molecule has 6 nitrogen and oxygen atoms in total. The van der Waals surface area contributed by atoms with Gasteiger partial charge in [-0.3, -0.25) is 9.59 Å². The number of esters is 1. The van der Waals surface area contributed by atoms with Crippen LogP contribution in [0.1, 0.15) is 24.2 Å². The number of rotatable bonds is 5. The quantitative estimate of drug-likeness (QED) is 0.814. The number of anilines is 1. The molecule has 0 fully saturated rings. The van der Waals surface area contributed by atoms with E-state index >= 15 is 0 Å². The molecule has 1 aromatic rings. The number of ether oxygens (including phenoxy) is 1. The van der Waals surface area contributed by atoms with E-state index in [1.807, 2.05) is 0 Å². The summed E-state index contributed by atoms with van der Waals surface area (Å²) in [5.74, 6) is -0.708. The molecule has 1 rings (SSSR count). The summed E-state index contributed by atoms with van der Waals surface area (Å²) in [6, 6.07) is 6.52. The highest BCUT2D eigenvalue weighted by atomic mass is 16.5. The zero-order valence-corrected chi connectivity index (χ0v) is 11.8. The smallest absolute Gasteiger partial charge is 0.337 e. The Morgan fingerprint density at radius 3 is 2.20 bits per heavy atom. The highest BCUT2D eigenvalue weighted by molar-refractivity contribution is 5.93. The van der Waals surface area contributed by atoms with Crippen molar-refractivity contribution in [1.29, 1.82) is 0 Å². The van der Waals surface area contributed by atoms with Crippen molar-refractivity contribution in [2.45, 2.75) is 13.8 Å². The van der Waals surface area contributed by atoms with Gasteiger partial charge in [0, 0.05) is 32.6 Å². The molecule has 2 amide bonds. The SMILES string of the molecule is COC(=O)c1ccc(N(CCNC(C)=O)C(C)=O)cc1. The number of nitrogens with one attached hydrogen (secondary N) is 1. The molecule has 0 bridgehead atoms. The van der Waals surface area contributed by atoms with Crippen molar-refractivity contribution in [2.75, 3.05) is 25.1 Å². The molecule has 0 radical (unpaired) electrons. The number of benzene rings is 1. The van der Waals surface area contributed by atoms with Crippen LogP contribution in [0, 0.1) is 0 Å². The van der Waals surface area contributed by atoms with Crippen molar-refractivity contribution in [2.24, 2.45) is 0 Å². The first-order chi connectivity index (χ1) is 9.45. The zero-order chi connectivity index (χ0) is 15.1. The third-order valence-electron chi connectivity index (χ3n) is 2.69. The Morgan fingerprint density at radius 1 is 1.15 bits per heavy atom. The van der Waals surface area contributed by atoms with Gasteiger partial charge in [0.2, 0.25) is 11.8 Å². The molecule has 0 aliphatic carbocycles. The molecule has 0 saturated carbocycles. The number of hydrogen-bond acceptors (Lipinski definition) is 4. The summed E-state index contributed by atoms with van der Waals surface area (Å²) in [6.45, 7) is 3.60. The van der Waals surface area contributed by atoms with Crippen molar-refractivity contribution in [3.8, 4) is 0 Å². The van der Waals surface area contributed by atoms with Gasteiger partial charge in [0.15, 0.2) is 0 Å². The number of carbonyl (C=O) groups is 3. The molecule has 20 heavy (non-hydrogen) atoms. The molecule has 108 valence electrons. The van der Waals surface area contributed by atoms with Gasteiger partial charge in [-0.05, 0) is 24.3 Å². The first-order valence-corrected chi connectivity index (χ1v) is 6.16. The van der Waals surface area contributed by atoms with Crippen LogP contribution < -0.4 is 10.2 Å². The van der Waals surface area contributed by atoms with Crippen LogP contribution in [-0.2, 0) is 14.3 Å². The fourth-order valence-electron chi connectivity index (χ4n) is 1.71. The third-order valence-corrected chi connectivity index (χ3v) is 2.69.